The molecule has 0 saturated heterocycles. The van der Waals surface area contributed by atoms with Crippen molar-refractivity contribution in [3.05, 3.63) is 0 Å². The summed E-state index contributed by atoms with van der Waals surface area (Å²) in [6.45, 7) is 6.90. The second-order valence-corrected chi connectivity index (χ2v) is 10.8. The van der Waals surface area contributed by atoms with Gasteiger partial charge in [0.1, 0.15) is 0 Å². The second kappa shape index (κ2) is 6.61. The van der Waals surface area contributed by atoms with Gasteiger partial charge in [0.05, 0.1) is 18.8 Å². The summed E-state index contributed by atoms with van der Waals surface area (Å²) in [5.74, 6) is -1.58. The number of hydrogen-bond acceptors (Lipinski definition) is 5. The Balaban J connectivity index is 2.88. The normalized spacial score (nSPS) is 39.2. The van der Waals surface area contributed by atoms with E-state index in [0.717, 1.165) is 0 Å². The third-order valence-electron chi connectivity index (χ3n) is 4.72. The van der Waals surface area contributed by atoms with E-state index in [2.05, 4.69) is 0 Å². The highest BCUT2D eigenvalue weighted by Gasteiger charge is 2.56. The molecule has 1 fully saturated rings. The molecule has 132 valence electrons. The minimum atomic E-state index is -4.69. The number of aliphatic hydroxyl groups excluding tert-OH is 2. The van der Waals surface area contributed by atoms with Crippen LogP contribution in [0.1, 0.15) is 27.7 Å². The molecule has 22 heavy (non-hydrogen) atoms. The number of aliphatic hydroxyl groups is 2. The largest absolute Gasteiger partial charge is 0.390 e. The molecule has 4 unspecified atom stereocenters. The quantitative estimate of drug-likeness (QED) is 0.441. The van der Waals surface area contributed by atoms with Crippen LogP contribution in [0.25, 0.3) is 0 Å². The Morgan fingerprint density at radius 1 is 1.18 bits per heavy atom. The zero-order valence-corrected chi connectivity index (χ0v) is 14.9. The maximum Gasteiger partial charge on any atom is 0.340 e. The maximum absolute atomic E-state index is 11.7. The van der Waals surface area contributed by atoms with Gasteiger partial charge in [0.2, 0.25) is 0 Å². The molecule has 0 bridgehead atoms. The lowest BCUT2D eigenvalue weighted by molar-refractivity contribution is -0.0454. The monoisotopic (exact) mass is 360 g/mol. The van der Waals surface area contributed by atoms with Gasteiger partial charge in [0.15, 0.2) is 5.90 Å². The molecular weight excluding hydrogens is 334 g/mol. The maximum atomic E-state index is 11.7. The van der Waals surface area contributed by atoms with Crippen molar-refractivity contribution in [2.75, 3.05) is 12.5 Å². The zero-order valence-electron chi connectivity index (χ0n) is 13.2. The van der Waals surface area contributed by atoms with Crippen LogP contribution < -0.4 is 0 Å². The minimum absolute atomic E-state index is 0.0949. The molecule has 0 heterocycles. The predicted octanol–water partition coefficient (Wildman–Crippen LogP) is 0.974. The number of rotatable bonds is 6. The molecule has 1 saturated carbocycles. The molecule has 0 spiro atoms. The fourth-order valence-corrected chi connectivity index (χ4v) is 5.98. The van der Waals surface area contributed by atoms with Crippen LogP contribution in [-0.4, -0.2) is 49.6 Å². The Morgan fingerprint density at radius 3 is 2.05 bits per heavy atom. The molecule has 0 aromatic carbocycles. The lowest BCUT2D eigenvalue weighted by Crippen LogP contribution is -2.39. The van der Waals surface area contributed by atoms with Crippen molar-refractivity contribution in [3.8, 4) is 0 Å². The summed E-state index contributed by atoms with van der Waals surface area (Å²) in [6.07, 6.45) is -2.13. The Bertz CT molecular complexity index is 490. The Morgan fingerprint density at radius 2 is 1.68 bits per heavy atom. The van der Waals surface area contributed by atoms with Crippen molar-refractivity contribution in [2.45, 2.75) is 39.9 Å². The van der Waals surface area contributed by atoms with Crippen LogP contribution in [0.2, 0.25) is 0 Å². The molecule has 0 radical (unpaired) electrons. The standard InChI is InChI=1S/C12H26O8P2/c1-7(2)9-8(3)12(4,11(14)10(9)13)5-20-22(18,19)6-21(15,16)17/h7-11,13-14H,5-6H2,1-4H3,(H,18,19)(H2,15,16,17)/t8-,9?,10?,11?,12-/m1/s1. The molecule has 1 rings (SSSR count). The highest BCUT2D eigenvalue weighted by atomic mass is 31.2. The first-order valence-corrected chi connectivity index (χ1v) is 10.6. The van der Waals surface area contributed by atoms with Crippen LogP contribution in [0.3, 0.4) is 0 Å². The van der Waals surface area contributed by atoms with Crippen molar-refractivity contribution < 1.29 is 38.5 Å². The fraction of sp³-hybridized carbons (Fsp3) is 1.00. The van der Waals surface area contributed by atoms with Gasteiger partial charge in [-0.3, -0.25) is 9.13 Å². The van der Waals surface area contributed by atoms with Crippen LogP contribution in [-0.2, 0) is 13.7 Å². The smallest absolute Gasteiger partial charge is 0.340 e. The van der Waals surface area contributed by atoms with Gasteiger partial charge in [-0.05, 0) is 17.8 Å². The molecule has 1 aliphatic carbocycles. The van der Waals surface area contributed by atoms with Crippen LogP contribution in [0, 0.1) is 23.2 Å². The van der Waals surface area contributed by atoms with Crippen molar-refractivity contribution in [2.24, 2.45) is 23.2 Å². The molecular formula is C12H26O8P2. The fourth-order valence-electron chi connectivity index (χ4n) is 3.31. The van der Waals surface area contributed by atoms with E-state index in [-0.39, 0.29) is 24.4 Å². The van der Waals surface area contributed by atoms with Crippen LogP contribution in [0.15, 0.2) is 0 Å². The van der Waals surface area contributed by atoms with Crippen molar-refractivity contribution >= 4 is 15.2 Å². The third-order valence-corrected chi connectivity index (χ3v) is 8.16. The Kier molecular flexibility index (Phi) is 6.09. The van der Waals surface area contributed by atoms with Gasteiger partial charge in [-0.2, -0.15) is 0 Å². The van der Waals surface area contributed by atoms with E-state index in [4.69, 9.17) is 14.3 Å². The highest BCUT2D eigenvalue weighted by molar-refractivity contribution is 7.70. The molecule has 0 amide bonds. The Hall–Kier alpha value is 0.220. The molecule has 8 nitrogen and oxygen atoms in total. The number of hydrogen-bond donors (Lipinski definition) is 5. The van der Waals surface area contributed by atoms with Gasteiger partial charge in [0, 0.05) is 5.41 Å². The van der Waals surface area contributed by atoms with Crippen LogP contribution in [0.4, 0.5) is 0 Å². The van der Waals surface area contributed by atoms with Gasteiger partial charge in [-0.25, -0.2) is 0 Å². The van der Waals surface area contributed by atoms with Crippen molar-refractivity contribution in [1.29, 1.82) is 0 Å². The average Bonchev–Trinajstić information content (AvgIpc) is 2.46. The molecule has 6 atom stereocenters. The van der Waals surface area contributed by atoms with Gasteiger partial charge < -0.3 is 29.4 Å². The van der Waals surface area contributed by atoms with Crippen molar-refractivity contribution in [3.63, 3.8) is 0 Å². The third kappa shape index (κ3) is 4.40. The van der Waals surface area contributed by atoms with Crippen LogP contribution >= 0.6 is 15.2 Å². The van der Waals surface area contributed by atoms with Gasteiger partial charge in [0.25, 0.3) is 0 Å². The predicted molar refractivity (Wildman–Crippen MR) is 80.3 cm³/mol. The SMILES string of the molecule is CC(C)C1C(O)C(O)[C@](C)(COP(=O)(O)CP(=O)(O)O)[C@@H]1C. The lowest BCUT2D eigenvalue weighted by Gasteiger charge is -2.34. The van der Waals surface area contributed by atoms with E-state index in [1.165, 1.54) is 0 Å². The second-order valence-electron chi connectivity index (χ2n) is 6.77. The molecule has 0 aromatic rings. The van der Waals surface area contributed by atoms with E-state index in [9.17, 15) is 24.2 Å². The summed E-state index contributed by atoms with van der Waals surface area (Å²) < 4.78 is 27.4. The van der Waals surface area contributed by atoms with Gasteiger partial charge >= 0.3 is 15.2 Å². The summed E-state index contributed by atoms with van der Waals surface area (Å²) in [5.41, 5.74) is -0.984. The zero-order chi connectivity index (χ0) is 17.5. The average molecular weight is 360 g/mol. The summed E-state index contributed by atoms with van der Waals surface area (Å²) in [4.78, 5) is 27.1. The first kappa shape index (κ1) is 20.3. The molecule has 10 heteroatoms. The van der Waals surface area contributed by atoms with Crippen LogP contribution in [0.5, 0.6) is 0 Å². The Labute approximate surface area is 130 Å². The van der Waals surface area contributed by atoms with E-state index >= 15 is 0 Å². The first-order chi connectivity index (χ1) is 9.71. The molecule has 0 aliphatic heterocycles. The van der Waals surface area contributed by atoms with E-state index < -0.39 is 38.7 Å². The van der Waals surface area contributed by atoms with Crippen molar-refractivity contribution in [1.82, 2.24) is 0 Å². The van der Waals surface area contributed by atoms with E-state index in [0.29, 0.717) is 0 Å². The topological polar surface area (TPSA) is 145 Å². The van der Waals surface area contributed by atoms with E-state index in [1.807, 2.05) is 20.8 Å². The molecule has 0 aromatic heterocycles. The van der Waals surface area contributed by atoms with Gasteiger partial charge in [-0.15, -0.1) is 0 Å². The lowest BCUT2D eigenvalue weighted by atomic mass is 9.75. The van der Waals surface area contributed by atoms with Gasteiger partial charge in [-0.1, -0.05) is 27.7 Å². The minimum Gasteiger partial charge on any atom is -0.390 e. The van der Waals surface area contributed by atoms with E-state index in [1.54, 1.807) is 6.92 Å². The molecule has 5 N–H and O–H groups in total. The first-order valence-electron chi connectivity index (χ1n) is 7.08. The summed E-state index contributed by atoms with van der Waals surface area (Å²) in [6, 6.07) is 0. The highest BCUT2D eigenvalue weighted by Crippen LogP contribution is 2.58. The summed E-state index contributed by atoms with van der Waals surface area (Å²) >= 11 is 0. The molecule has 1 aliphatic rings. The summed E-state index contributed by atoms with van der Waals surface area (Å²) in [5, 5.41) is 20.5. The summed E-state index contributed by atoms with van der Waals surface area (Å²) in [7, 11) is -9.17.